The van der Waals surface area contributed by atoms with Crippen LogP contribution in [0.25, 0.3) is 0 Å². The van der Waals surface area contributed by atoms with Gasteiger partial charge < -0.3 is 15.8 Å². The fourth-order valence-electron chi connectivity index (χ4n) is 0.427. The summed E-state index contributed by atoms with van der Waals surface area (Å²) in [7, 11) is 0. The maximum absolute atomic E-state index is 10.9. The van der Waals surface area contributed by atoms with Crippen molar-refractivity contribution in [3.63, 3.8) is 0 Å². The number of thiol groups is 1. The second-order valence-corrected chi connectivity index (χ2v) is 2.86. The summed E-state index contributed by atoms with van der Waals surface area (Å²) in [4.78, 5) is 21.6. The Morgan fingerprint density at radius 3 is 2.69 bits per heavy atom. The molecule has 0 aliphatic rings. The number of alkyl carbamates (subject to hydrolysis) is 1. The van der Waals surface area contributed by atoms with Gasteiger partial charge in [-0.3, -0.25) is 0 Å². The molecule has 1 amide bonds. The molecular weight excluding hydrogens is 216 g/mol. The molecular formula is C6H11ClN2O3S. The highest BCUT2D eigenvalue weighted by atomic mass is 35.5. The number of hydrogen-bond acceptors (Lipinski definition) is 5. The van der Waals surface area contributed by atoms with Gasteiger partial charge in [0.05, 0.1) is 0 Å². The van der Waals surface area contributed by atoms with Crippen molar-refractivity contribution in [1.82, 2.24) is 5.32 Å². The molecule has 0 spiro atoms. The summed E-state index contributed by atoms with van der Waals surface area (Å²) in [6.07, 6.45) is -0.845. The summed E-state index contributed by atoms with van der Waals surface area (Å²) in [6.45, 7) is 0.240. The molecule has 5 nitrogen and oxygen atoms in total. The van der Waals surface area contributed by atoms with Crippen molar-refractivity contribution in [2.75, 3.05) is 18.2 Å². The first-order chi connectivity index (χ1) is 6.11. The molecule has 0 rings (SSSR count). The van der Waals surface area contributed by atoms with Crippen LogP contribution in [0.3, 0.4) is 0 Å². The molecule has 76 valence electrons. The fraction of sp³-hybridized carbons (Fsp3) is 0.667. The van der Waals surface area contributed by atoms with E-state index in [0.29, 0.717) is 0 Å². The molecule has 3 N–H and O–H groups in total. The molecule has 0 aromatic heterocycles. The lowest BCUT2D eigenvalue weighted by atomic mass is 10.4. The van der Waals surface area contributed by atoms with E-state index in [2.05, 4.69) is 22.7 Å². The Labute approximate surface area is 86.3 Å². The Bertz CT molecular complexity index is 191. The van der Waals surface area contributed by atoms with Crippen LogP contribution in [0.4, 0.5) is 4.79 Å². The van der Waals surface area contributed by atoms with Gasteiger partial charge in [0.15, 0.2) is 0 Å². The van der Waals surface area contributed by atoms with Gasteiger partial charge in [-0.05, 0) is 0 Å². The fourth-order valence-corrected chi connectivity index (χ4v) is 0.671. The van der Waals surface area contributed by atoms with Gasteiger partial charge in [-0.15, -0.1) is 11.6 Å². The molecule has 0 aliphatic carbocycles. The molecule has 0 aliphatic heterocycles. The normalized spacial score (nSPS) is 11.9. The SMILES string of the molecule is N[C@@H](CS)C(=O)OC(=O)NCCCl. The third-order valence-electron chi connectivity index (χ3n) is 1.06. The molecule has 0 saturated heterocycles. The molecule has 0 saturated carbocycles. The van der Waals surface area contributed by atoms with Crippen LogP contribution in [-0.2, 0) is 9.53 Å². The zero-order valence-electron chi connectivity index (χ0n) is 6.83. The summed E-state index contributed by atoms with van der Waals surface area (Å²) in [6, 6.07) is -0.884. The third kappa shape index (κ3) is 5.73. The molecule has 0 radical (unpaired) electrons. The highest BCUT2D eigenvalue weighted by Crippen LogP contribution is 1.89. The molecule has 0 unspecified atom stereocenters. The smallest absolute Gasteiger partial charge is 0.375 e. The van der Waals surface area contributed by atoms with Gasteiger partial charge in [0.1, 0.15) is 6.04 Å². The molecule has 0 aromatic carbocycles. The van der Waals surface area contributed by atoms with Gasteiger partial charge in [-0.25, -0.2) is 9.59 Å². The van der Waals surface area contributed by atoms with Crippen LogP contribution in [0.5, 0.6) is 0 Å². The van der Waals surface area contributed by atoms with Crippen LogP contribution < -0.4 is 11.1 Å². The van der Waals surface area contributed by atoms with Crippen molar-refractivity contribution in [2.24, 2.45) is 5.73 Å². The Hall–Kier alpha value is -0.460. The van der Waals surface area contributed by atoms with E-state index in [1.54, 1.807) is 0 Å². The van der Waals surface area contributed by atoms with E-state index in [1.165, 1.54) is 0 Å². The minimum Gasteiger partial charge on any atom is -0.375 e. The van der Waals surface area contributed by atoms with Crippen LogP contribution in [-0.4, -0.2) is 36.3 Å². The standard InChI is InChI=1S/C6H11ClN2O3S/c7-1-2-9-6(11)12-5(10)4(8)3-13/h4,13H,1-3,8H2,(H,9,11)/t4-/m0/s1. The molecule has 1 atom stereocenters. The maximum atomic E-state index is 10.9. The number of hydrogen-bond donors (Lipinski definition) is 3. The van der Waals surface area contributed by atoms with E-state index < -0.39 is 18.1 Å². The summed E-state index contributed by atoms with van der Waals surface area (Å²) in [5, 5.41) is 2.25. The largest absolute Gasteiger partial charge is 0.414 e. The summed E-state index contributed by atoms with van der Waals surface area (Å²) >= 11 is 9.05. The highest BCUT2D eigenvalue weighted by Gasteiger charge is 2.16. The van der Waals surface area contributed by atoms with Gasteiger partial charge in [-0.1, -0.05) is 0 Å². The van der Waals surface area contributed by atoms with E-state index in [0.717, 1.165) is 0 Å². The third-order valence-corrected chi connectivity index (χ3v) is 1.64. The Balaban J connectivity index is 3.71. The van der Waals surface area contributed by atoms with Crippen LogP contribution in [0.1, 0.15) is 0 Å². The van der Waals surface area contributed by atoms with E-state index in [9.17, 15) is 9.59 Å². The van der Waals surface area contributed by atoms with Crippen LogP contribution in [0.15, 0.2) is 0 Å². The summed E-state index contributed by atoms with van der Waals surface area (Å²) in [5.74, 6) is -0.425. The molecule has 0 aromatic rings. The number of nitrogens with one attached hydrogen (secondary N) is 1. The summed E-state index contributed by atoms with van der Waals surface area (Å²) < 4.78 is 4.28. The monoisotopic (exact) mass is 226 g/mol. The second-order valence-electron chi connectivity index (χ2n) is 2.11. The van der Waals surface area contributed by atoms with Gasteiger partial charge >= 0.3 is 12.1 Å². The molecule has 0 heterocycles. The zero-order chi connectivity index (χ0) is 10.3. The van der Waals surface area contributed by atoms with Crippen LogP contribution >= 0.6 is 24.2 Å². The predicted molar refractivity (Wildman–Crippen MR) is 52.0 cm³/mol. The lowest BCUT2D eigenvalue weighted by molar-refractivity contribution is -0.138. The Morgan fingerprint density at radius 2 is 2.23 bits per heavy atom. The number of esters is 1. The topological polar surface area (TPSA) is 81.4 Å². The zero-order valence-corrected chi connectivity index (χ0v) is 8.48. The number of halogens is 1. The second kappa shape index (κ2) is 6.99. The Kier molecular flexibility index (Phi) is 6.75. The van der Waals surface area contributed by atoms with Crippen molar-refractivity contribution in [2.45, 2.75) is 6.04 Å². The number of ether oxygens (including phenoxy) is 1. The number of nitrogens with two attached hydrogens (primary N) is 1. The number of carbonyl (C=O) groups is 2. The first-order valence-electron chi connectivity index (χ1n) is 3.53. The number of amides is 1. The van der Waals surface area contributed by atoms with Crippen LogP contribution in [0.2, 0.25) is 0 Å². The average Bonchev–Trinajstić information content (AvgIpc) is 2.13. The Morgan fingerprint density at radius 1 is 1.62 bits per heavy atom. The van der Waals surface area contributed by atoms with Crippen molar-refractivity contribution in [3.05, 3.63) is 0 Å². The molecule has 13 heavy (non-hydrogen) atoms. The van der Waals surface area contributed by atoms with E-state index >= 15 is 0 Å². The molecule has 7 heteroatoms. The quantitative estimate of drug-likeness (QED) is 0.267. The minimum absolute atomic E-state index is 0.127. The van der Waals surface area contributed by atoms with Gasteiger partial charge in [-0.2, -0.15) is 12.6 Å². The minimum atomic E-state index is -0.884. The van der Waals surface area contributed by atoms with Gasteiger partial charge in [0.25, 0.3) is 0 Å². The van der Waals surface area contributed by atoms with Gasteiger partial charge in [0.2, 0.25) is 0 Å². The number of alkyl halides is 1. The predicted octanol–water partition coefficient (Wildman–Crippen LogP) is -0.265. The van der Waals surface area contributed by atoms with Crippen molar-refractivity contribution < 1.29 is 14.3 Å². The average molecular weight is 227 g/mol. The first-order valence-corrected chi connectivity index (χ1v) is 4.70. The molecule has 0 bridgehead atoms. The molecule has 0 fully saturated rings. The van der Waals surface area contributed by atoms with Crippen LogP contribution in [0, 0.1) is 0 Å². The lowest BCUT2D eigenvalue weighted by Gasteiger charge is -2.07. The number of rotatable bonds is 4. The van der Waals surface area contributed by atoms with E-state index in [4.69, 9.17) is 17.3 Å². The number of carbonyl (C=O) groups excluding carboxylic acids is 2. The van der Waals surface area contributed by atoms with Crippen molar-refractivity contribution in [3.8, 4) is 0 Å². The van der Waals surface area contributed by atoms with E-state index in [-0.39, 0.29) is 18.2 Å². The van der Waals surface area contributed by atoms with E-state index in [1.807, 2.05) is 0 Å². The first kappa shape index (κ1) is 12.5. The summed E-state index contributed by atoms with van der Waals surface area (Å²) in [5.41, 5.74) is 5.24. The van der Waals surface area contributed by atoms with Gasteiger partial charge in [0, 0.05) is 18.2 Å². The lowest BCUT2D eigenvalue weighted by Crippen LogP contribution is -2.38. The maximum Gasteiger partial charge on any atom is 0.414 e. The van der Waals surface area contributed by atoms with Crippen molar-refractivity contribution >= 4 is 36.3 Å². The van der Waals surface area contributed by atoms with Crippen molar-refractivity contribution in [1.29, 1.82) is 0 Å². The highest BCUT2D eigenvalue weighted by molar-refractivity contribution is 7.80.